The van der Waals surface area contributed by atoms with Crippen LogP contribution in [0.2, 0.25) is 0 Å². The molecule has 2 heterocycles. The summed E-state index contributed by atoms with van der Waals surface area (Å²) in [4.78, 5) is 0. The van der Waals surface area contributed by atoms with E-state index in [0.717, 1.165) is 5.69 Å². The van der Waals surface area contributed by atoms with E-state index in [9.17, 15) is 0 Å². The first-order valence-corrected chi connectivity index (χ1v) is 4.01. The maximum atomic E-state index is 3.77. The number of pyridine rings is 1. The van der Waals surface area contributed by atoms with Crippen molar-refractivity contribution in [3.63, 3.8) is 0 Å². The largest absolute Gasteiger partial charge is 0.317 e. The van der Waals surface area contributed by atoms with E-state index in [0.29, 0.717) is 0 Å². The van der Waals surface area contributed by atoms with E-state index in [2.05, 4.69) is 42.3 Å². The Morgan fingerprint density at radius 2 is 2.25 bits per heavy atom. The van der Waals surface area contributed by atoms with Gasteiger partial charge in [-0.1, -0.05) is 12.6 Å². The van der Waals surface area contributed by atoms with Gasteiger partial charge < -0.3 is 4.40 Å². The normalized spacial score (nSPS) is 10.4. The number of fused-ring (bicyclic) bond motifs is 1. The van der Waals surface area contributed by atoms with Gasteiger partial charge in [0.25, 0.3) is 0 Å². The average molecular weight is 157 g/mol. The quantitative estimate of drug-likeness (QED) is 0.599. The van der Waals surface area contributed by atoms with Crippen molar-refractivity contribution in [2.75, 3.05) is 0 Å². The topological polar surface area (TPSA) is 4.41 Å². The van der Waals surface area contributed by atoms with Crippen molar-refractivity contribution >= 4 is 11.6 Å². The Bertz CT molecular complexity index is 423. The second-order valence-electron chi connectivity index (χ2n) is 2.97. The zero-order chi connectivity index (χ0) is 8.55. The molecule has 0 aliphatic rings. The smallest absolute Gasteiger partial charge is 0.0458 e. The molecule has 0 radical (unpaired) electrons. The van der Waals surface area contributed by atoms with E-state index in [1.165, 1.54) is 11.1 Å². The first kappa shape index (κ1) is 7.17. The van der Waals surface area contributed by atoms with E-state index >= 15 is 0 Å². The first-order valence-electron chi connectivity index (χ1n) is 4.01. The fraction of sp³-hybridized carbons (Fsp3) is 0.0909. The van der Waals surface area contributed by atoms with E-state index < -0.39 is 0 Å². The predicted octanol–water partition coefficient (Wildman–Crippen LogP) is 2.89. The molecule has 0 aliphatic heterocycles. The fourth-order valence-electron chi connectivity index (χ4n) is 1.46. The zero-order valence-corrected chi connectivity index (χ0v) is 7.12. The first-order chi connectivity index (χ1) is 5.81. The van der Waals surface area contributed by atoms with Gasteiger partial charge in [0.15, 0.2) is 0 Å². The van der Waals surface area contributed by atoms with Crippen LogP contribution in [0.25, 0.3) is 11.6 Å². The second kappa shape index (κ2) is 2.52. The molecule has 2 aromatic rings. The van der Waals surface area contributed by atoms with Crippen LogP contribution >= 0.6 is 0 Å². The number of aromatic nitrogens is 1. The molecule has 0 bridgehead atoms. The molecule has 12 heavy (non-hydrogen) atoms. The molecule has 0 spiro atoms. The Balaban J connectivity index is 2.86. The monoisotopic (exact) mass is 157 g/mol. The van der Waals surface area contributed by atoms with Gasteiger partial charge in [-0.25, -0.2) is 0 Å². The lowest BCUT2D eigenvalue weighted by Crippen LogP contribution is -1.86. The Labute approximate surface area is 72.0 Å². The van der Waals surface area contributed by atoms with Crippen LogP contribution in [-0.2, 0) is 0 Å². The van der Waals surface area contributed by atoms with Gasteiger partial charge in [0.05, 0.1) is 0 Å². The predicted molar refractivity (Wildman–Crippen MR) is 52.2 cm³/mol. The zero-order valence-electron chi connectivity index (χ0n) is 7.12. The summed E-state index contributed by atoms with van der Waals surface area (Å²) in [5.74, 6) is 0. The molecule has 2 aromatic heterocycles. The van der Waals surface area contributed by atoms with E-state index in [1.807, 2.05) is 12.1 Å². The van der Waals surface area contributed by atoms with Crippen LogP contribution in [0.4, 0.5) is 0 Å². The second-order valence-corrected chi connectivity index (χ2v) is 2.97. The summed E-state index contributed by atoms with van der Waals surface area (Å²) in [5, 5.41) is 0. The number of rotatable bonds is 1. The van der Waals surface area contributed by atoms with E-state index in [1.54, 1.807) is 0 Å². The minimum absolute atomic E-state index is 1.14. The summed E-state index contributed by atoms with van der Waals surface area (Å²) in [6.45, 7) is 5.87. The van der Waals surface area contributed by atoms with Gasteiger partial charge in [0.1, 0.15) is 0 Å². The third-order valence-electron chi connectivity index (χ3n) is 2.01. The molecule has 0 aromatic carbocycles. The Kier molecular flexibility index (Phi) is 1.51. The standard InChI is InChI=1S/C11H11N/c1-3-10-5-4-6-11-7-9(2)8-12(10)11/h3-8H,1H2,2H3. The highest BCUT2D eigenvalue weighted by atomic mass is 14.9. The van der Waals surface area contributed by atoms with Crippen molar-refractivity contribution in [3.8, 4) is 0 Å². The summed E-state index contributed by atoms with van der Waals surface area (Å²) in [5.41, 5.74) is 3.65. The molecular formula is C11H11N. The Morgan fingerprint density at radius 1 is 1.42 bits per heavy atom. The van der Waals surface area contributed by atoms with Gasteiger partial charge in [0, 0.05) is 17.4 Å². The molecule has 1 nitrogen and oxygen atoms in total. The summed E-state index contributed by atoms with van der Waals surface area (Å²) >= 11 is 0. The van der Waals surface area contributed by atoms with Crippen LogP contribution < -0.4 is 0 Å². The molecule has 0 N–H and O–H groups in total. The molecule has 0 amide bonds. The van der Waals surface area contributed by atoms with Crippen molar-refractivity contribution in [2.45, 2.75) is 6.92 Å². The molecular weight excluding hydrogens is 146 g/mol. The minimum Gasteiger partial charge on any atom is -0.317 e. The lowest BCUT2D eigenvalue weighted by Gasteiger charge is -1.98. The molecule has 0 atom stereocenters. The van der Waals surface area contributed by atoms with Crippen molar-refractivity contribution in [3.05, 3.63) is 48.3 Å². The minimum atomic E-state index is 1.14. The summed E-state index contributed by atoms with van der Waals surface area (Å²) in [6.07, 6.45) is 3.98. The molecule has 2 rings (SSSR count). The lowest BCUT2D eigenvalue weighted by atomic mass is 10.3. The molecule has 0 unspecified atom stereocenters. The van der Waals surface area contributed by atoms with Gasteiger partial charge in [-0.05, 0) is 36.8 Å². The van der Waals surface area contributed by atoms with Crippen molar-refractivity contribution in [2.24, 2.45) is 0 Å². The number of aryl methyl sites for hydroxylation is 1. The van der Waals surface area contributed by atoms with Crippen LogP contribution in [0.3, 0.4) is 0 Å². The van der Waals surface area contributed by atoms with Gasteiger partial charge in [-0.3, -0.25) is 0 Å². The summed E-state index contributed by atoms with van der Waals surface area (Å²) < 4.78 is 2.14. The SMILES string of the molecule is C=Cc1cccc2cc(C)cn12. The van der Waals surface area contributed by atoms with Crippen molar-refractivity contribution in [1.82, 2.24) is 4.40 Å². The fourth-order valence-corrected chi connectivity index (χ4v) is 1.46. The van der Waals surface area contributed by atoms with Crippen LogP contribution in [0.5, 0.6) is 0 Å². The van der Waals surface area contributed by atoms with Gasteiger partial charge in [0.2, 0.25) is 0 Å². The number of hydrogen-bond acceptors (Lipinski definition) is 0. The highest BCUT2D eigenvalue weighted by Crippen LogP contribution is 2.12. The number of nitrogens with zero attached hydrogens (tertiary/aromatic N) is 1. The van der Waals surface area contributed by atoms with Gasteiger partial charge in [-0.15, -0.1) is 0 Å². The van der Waals surface area contributed by atoms with E-state index in [-0.39, 0.29) is 0 Å². The highest BCUT2D eigenvalue weighted by molar-refractivity contribution is 5.56. The summed E-state index contributed by atoms with van der Waals surface area (Å²) in [6, 6.07) is 8.36. The molecule has 0 saturated heterocycles. The Hall–Kier alpha value is -1.50. The van der Waals surface area contributed by atoms with Crippen molar-refractivity contribution in [1.29, 1.82) is 0 Å². The maximum Gasteiger partial charge on any atom is 0.0458 e. The van der Waals surface area contributed by atoms with Crippen LogP contribution in [-0.4, -0.2) is 4.40 Å². The van der Waals surface area contributed by atoms with Crippen LogP contribution in [0, 0.1) is 6.92 Å². The molecule has 0 aliphatic carbocycles. The Morgan fingerprint density at radius 3 is 3.00 bits per heavy atom. The third kappa shape index (κ3) is 0.944. The van der Waals surface area contributed by atoms with Gasteiger partial charge in [-0.2, -0.15) is 0 Å². The average Bonchev–Trinajstić information content (AvgIpc) is 2.44. The molecule has 1 heteroatoms. The van der Waals surface area contributed by atoms with Gasteiger partial charge >= 0.3 is 0 Å². The summed E-state index contributed by atoms with van der Waals surface area (Å²) in [7, 11) is 0. The number of hydrogen-bond donors (Lipinski definition) is 0. The third-order valence-corrected chi connectivity index (χ3v) is 2.01. The lowest BCUT2D eigenvalue weighted by molar-refractivity contribution is 1.16. The maximum absolute atomic E-state index is 3.77. The molecule has 0 fully saturated rings. The highest BCUT2D eigenvalue weighted by Gasteiger charge is 1.96. The van der Waals surface area contributed by atoms with Crippen LogP contribution in [0.15, 0.2) is 37.0 Å². The molecule has 60 valence electrons. The molecule has 0 saturated carbocycles. The van der Waals surface area contributed by atoms with E-state index in [4.69, 9.17) is 0 Å². The van der Waals surface area contributed by atoms with Crippen molar-refractivity contribution < 1.29 is 0 Å². The van der Waals surface area contributed by atoms with Crippen LogP contribution in [0.1, 0.15) is 11.3 Å².